The highest BCUT2D eigenvalue weighted by Crippen LogP contribution is 2.07. The third-order valence-electron chi connectivity index (χ3n) is 1.21. The lowest BCUT2D eigenvalue weighted by Crippen LogP contribution is -1.96. The van der Waals surface area contributed by atoms with Crippen LogP contribution in [0, 0.1) is 5.92 Å². The van der Waals surface area contributed by atoms with Crippen molar-refractivity contribution in [3.05, 3.63) is 0 Å². The Balaban J connectivity index is 0. The Morgan fingerprint density at radius 1 is 1.50 bits per heavy atom. The van der Waals surface area contributed by atoms with Gasteiger partial charge in [0.2, 0.25) is 14.5 Å². The Kier molecular flexibility index (Phi) is 12.4. The van der Waals surface area contributed by atoms with E-state index in [-0.39, 0.29) is 5.24 Å². The van der Waals surface area contributed by atoms with Gasteiger partial charge in [-0.05, 0) is 17.5 Å². The summed E-state index contributed by atoms with van der Waals surface area (Å²) in [5, 5.41) is -0.223. The Labute approximate surface area is 89.0 Å². The molecule has 0 amide bonds. The van der Waals surface area contributed by atoms with Crippen LogP contribution in [0.25, 0.3) is 0 Å². The van der Waals surface area contributed by atoms with Crippen molar-refractivity contribution in [2.45, 2.75) is 26.7 Å². The van der Waals surface area contributed by atoms with Crippen LogP contribution in [0.1, 0.15) is 26.7 Å². The van der Waals surface area contributed by atoms with Crippen molar-refractivity contribution < 1.29 is 9.00 Å². The molecule has 74 valence electrons. The molecule has 1 atom stereocenters. The van der Waals surface area contributed by atoms with Crippen LogP contribution in [-0.4, -0.2) is 9.45 Å². The van der Waals surface area contributed by atoms with Crippen LogP contribution in [-0.2, 0) is 14.0 Å². The van der Waals surface area contributed by atoms with Crippen molar-refractivity contribution in [1.82, 2.24) is 0 Å². The molecular formula is C6H11Cl3O2S. The molecule has 0 aromatic carbocycles. The summed E-state index contributed by atoms with van der Waals surface area (Å²) in [6.07, 6.45) is 1.54. The molecule has 0 radical (unpaired) electrons. The topological polar surface area (TPSA) is 34.1 Å². The molecule has 2 nitrogen and oxygen atoms in total. The van der Waals surface area contributed by atoms with Crippen molar-refractivity contribution in [3.8, 4) is 0 Å². The zero-order valence-corrected chi connectivity index (χ0v) is 9.93. The highest BCUT2D eigenvalue weighted by Gasteiger charge is 2.02. The van der Waals surface area contributed by atoms with Gasteiger partial charge >= 0.3 is 0 Å². The molecule has 0 aromatic rings. The van der Waals surface area contributed by atoms with Gasteiger partial charge in [0.15, 0.2) is 0 Å². The minimum Gasteiger partial charge on any atom is -0.281 e. The zero-order chi connectivity index (χ0) is 10.1. The molecule has 0 aliphatic rings. The first-order valence-corrected chi connectivity index (χ1v) is 6.50. The van der Waals surface area contributed by atoms with Gasteiger partial charge in [-0.1, -0.05) is 20.3 Å². The number of carbonyl (C=O) groups excluding carboxylic acids is 1. The van der Waals surface area contributed by atoms with E-state index in [0.717, 1.165) is 6.42 Å². The fourth-order valence-corrected chi connectivity index (χ4v) is 0.682. The van der Waals surface area contributed by atoms with Crippen molar-refractivity contribution >= 4 is 47.4 Å². The smallest absolute Gasteiger partial charge is 0.221 e. The van der Waals surface area contributed by atoms with Gasteiger partial charge in [0, 0.05) is 27.8 Å². The van der Waals surface area contributed by atoms with Crippen LogP contribution in [0.2, 0.25) is 0 Å². The van der Waals surface area contributed by atoms with Crippen LogP contribution in [0.15, 0.2) is 0 Å². The quantitative estimate of drug-likeness (QED) is 0.724. The second kappa shape index (κ2) is 9.78. The highest BCUT2D eigenvalue weighted by atomic mass is 36.0. The van der Waals surface area contributed by atoms with Crippen molar-refractivity contribution in [1.29, 1.82) is 0 Å². The Morgan fingerprint density at radius 2 is 1.83 bits per heavy atom. The minimum absolute atomic E-state index is 0.223. The zero-order valence-electron chi connectivity index (χ0n) is 6.85. The van der Waals surface area contributed by atoms with Crippen molar-refractivity contribution in [2.75, 3.05) is 0 Å². The van der Waals surface area contributed by atoms with Crippen LogP contribution in [0.4, 0.5) is 0 Å². The van der Waals surface area contributed by atoms with Crippen LogP contribution >= 0.6 is 33.0 Å². The Hall–Kier alpha value is 0.690. The van der Waals surface area contributed by atoms with E-state index in [9.17, 15) is 4.79 Å². The molecule has 0 aliphatic carbocycles. The standard InChI is InChI=1S/C6H11ClO.Cl2OS/c1-3-5(2)4-6(7)8;1-4(2)3/h5H,3-4H2,1-2H3;. The number of carbonyl (C=O) groups is 1. The van der Waals surface area contributed by atoms with Gasteiger partial charge in [-0.2, -0.15) is 0 Å². The van der Waals surface area contributed by atoms with E-state index in [1.807, 2.05) is 13.8 Å². The normalized spacial score (nSPS) is 11.8. The van der Waals surface area contributed by atoms with Gasteiger partial charge in [-0.15, -0.1) is 0 Å². The summed E-state index contributed by atoms with van der Waals surface area (Å²) in [4.78, 5) is 10.2. The van der Waals surface area contributed by atoms with Gasteiger partial charge in [0.25, 0.3) is 0 Å². The molecule has 0 saturated heterocycles. The highest BCUT2D eigenvalue weighted by molar-refractivity contribution is 8.26. The summed E-state index contributed by atoms with van der Waals surface area (Å²) in [7, 11) is 7.36. The lowest BCUT2D eigenvalue weighted by Gasteiger charge is -2.00. The summed E-state index contributed by atoms with van der Waals surface area (Å²) >= 11 is 5.11. The maximum absolute atomic E-state index is 10.2. The van der Waals surface area contributed by atoms with E-state index in [0.29, 0.717) is 12.3 Å². The third kappa shape index (κ3) is 22.4. The summed E-state index contributed by atoms with van der Waals surface area (Å²) in [5.41, 5.74) is 0. The lowest BCUT2D eigenvalue weighted by atomic mass is 10.1. The fourth-order valence-electron chi connectivity index (χ4n) is 0.418. The Morgan fingerprint density at radius 3 is 1.92 bits per heavy atom. The molecule has 0 spiro atoms. The van der Waals surface area contributed by atoms with Crippen LogP contribution in [0.5, 0.6) is 0 Å². The fraction of sp³-hybridized carbons (Fsp3) is 0.833. The van der Waals surface area contributed by atoms with E-state index in [1.54, 1.807) is 0 Å². The minimum atomic E-state index is -1.67. The maximum Gasteiger partial charge on any atom is 0.221 e. The molecule has 0 aromatic heterocycles. The molecule has 0 saturated carbocycles. The first-order valence-electron chi connectivity index (χ1n) is 3.32. The summed E-state index contributed by atoms with van der Waals surface area (Å²) in [6, 6.07) is 0. The molecule has 0 fully saturated rings. The van der Waals surface area contributed by atoms with E-state index >= 15 is 0 Å². The van der Waals surface area contributed by atoms with E-state index in [2.05, 4.69) is 21.4 Å². The summed E-state index contributed by atoms with van der Waals surface area (Å²) < 4.78 is 9.09. The van der Waals surface area contributed by atoms with E-state index < -0.39 is 9.23 Å². The molecule has 1 unspecified atom stereocenters. The van der Waals surface area contributed by atoms with Crippen LogP contribution in [0.3, 0.4) is 0 Å². The van der Waals surface area contributed by atoms with Gasteiger partial charge in [0.1, 0.15) is 0 Å². The van der Waals surface area contributed by atoms with E-state index in [1.165, 1.54) is 0 Å². The molecule has 0 bridgehead atoms. The first-order chi connectivity index (χ1) is 5.40. The predicted octanol–water partition coefficient (Wildman–Crippen LogP) is 3.23. The SMILES string of the molecule is CCC(C)CC(=O)Cl.O=S(Cl)Cl. The molecule has 0 aliphatic heterocycles. The summed E-state index contributed by atoms with van der Waals surface area (Å²) in [5.74, 6) is 0.444. The molecule has 0 rings (SSSR count). The van der Waals surface area contributed by atoms with E-state index in [4.69, 9.17) is 15.8 Å². The first kappa shape index (κ1) is 15.2. The maximum atomic E-state index is 10.2. The number of rotatable bonds is 3. The average molecular weight is 254 g/mol. The van der Waals surface area contributed by atoms with Crippen molar-refractivity contribution in [3.63, 3.8) is 0 Å². The van der Waals surface area contributed by atoms with Crippen LogP contribution < -0.4 is 0 Å². The number of hydrogen-bond acceptors (Lipinski definition) is 2. The van der Waals surface area contributed by atoms with Gasteiger partial charge in [-0.3, -0.25) is 4.79 Å². The molecule has 0 heterocycles. The van der Waals surface area contributed by atoms with Gasteiger partial charge < -0.3 is 0 Å². The summed E-state index contributed by atoms with van der Waals surface area (Å²) in [6.45, 7) is 4.06. The largest absolute Gasteiger partial charge is 0.281 e. The molecule has 6 heteroatoms. The molecular weight excluding hydrogens is 242 g/mol. The number of hydrogen-bond donors (Lipinski definition) is 0. The van der Waals surface area contributed by atoms with Gasteiger partial charge in [-0.25, -0.2) is 4.21 Å². The third-order valence-corrected chi connectivity index (χ3v) is 1.36. The molecule has 12 heavy (non-hydrogen) atoms. The van der Waals surface area contributed by atoms with Gasteiger partial charge in [0.05, 0.1) is 0 Å². The Bertz CT molecular complexity index is 148. The second-order valence-corrected chi connectivity index (χ2v) is 5.20. The van der Waals surface area contributed by atoms with Crippen molar-refractivity contribution in [2.24, 2.45) is 5.92 Å². The lowest BCUT2D eigenvalue weighted by molar-refractivity contribution is -0.112. The second-order valence-electron chi connectivity index (χ2n) is 2.26. The average Bonchev–Trinajstić information content (AvgIpc) is 1.84. The monoisotopic (exact) mass is 252 g/mol. The predicted molar refractivity (Wildman–Crippen MR) is 54.8 cm³/mol. The molecule has 0 N–H and O–H groups in total. The number of halogens is 3.